The maximum atomic E-state index is 11.0. The molecule has 0 fully saturated rings. The number of methoxy groups -OCH3 is 2. The zero-order chi connectivity index (χ0) is 15.4. The molecule has 0 aliphatic rings. The summed E-state index contributed by atoms with van der Waals surface area (Å²) in [4.78, 5) is 30.2. The van der Waals surface area contributed by atoms with Crippen LogP contribution < -0.4 is 0 Å². The average molecular weight is 294 g/mol. The molecule has 0 aromatic carbocycles. The lowest BCUT2D eigenvalue weighted by atomic mass is 10.3. The number of carbonyl (C=O) groups excluding carboxylic acids is 2. The highest BCUT2D eigenvalue weighted by Gasteiger charge is 2.13. The van der Waals surface area contributed by atoms with Crippen LogP contribution in [0.25, 0.3) is 0 Å². The fourth-order valence-corrected chi connectivity index (χ4v) is 0.968. The van der Waals surface area contributed by atoms with E-state index in [0.29, 0.717) is 12.8 Å². The largest absolute Gasteiger partial charge is 0.549 e. The van der Waals surface area contributed by atoms with Crippen molar-refractivity contribution in [2.45, 2.75) is 38.9 Å². The topological polar surface area (TPSA) is 89.5 Å². The Kier molecular flexibility index (Phi) is 10.4. The minimum atomic E-state index is -1.12. The lowest BCUT2D eigenvalue weighted by molar-refractivity contribution is -0.218. The third kappa shape index (κ3) is 10.4. The first-order valence-electron chi connectivity index (χ1n) is 6.23. The van der Waals surface area contributed by atoms with Crippen molar-refractivity contribution in [2.75, 3.05) is 27.4 Å². The van der Waals surface area contributed by atoms with Crippen LogP contribution in [0.4, 0.5) is 9.59 Å². The molecule has 8 heteroatoms. The van der Waals surface area contributed by atoms with Gasteiger partial charge >= 0.3 is 12.3 Å². The van der Waals surface area contributed by atoms with Crippen LogP contribution in [0.1, 0.15) is 26.7 Å². The van der Waals surface area contributed by atoms with E-state index >= 15 is 0 Å². The van der Waals surface area contributed by atoms with Gasteiger partial charge in [0, 0.05) is 27.1 Å². The molecular formula is C12H22O8. The average Bonchev–Trinajstić information content (AvgIpc) is 2.44. The first-order chi connectivity index (χ1) is 9.49. The summed E-state index contributed by atoms with van der Waals surface area (Å²) in [5, 5.41) is 0. The number of hydrogen-bond donors (Lipinski definition) is 0. The predicted molar refractivity (Wildman–Crippen MR) is 67.0 cm³/mol. The molecule has 2 atom stereocenters. The van der Waals surface area contributed by atoms with Crippen molar-refractivity contribution in [3.05, 3.63) is 0 Å². The van der Waals surface area contributed by atoms with E-state index in [4.69, 9.17) is 9.47 Å². The Morgan fingerprint density at radius 3 is 1.45 bits per heavy atom. The standard InChI is InChI=1S/C12H22O8/c1-9(15-3)5-7-17-11(13)19-20-12(14)18-8-6-10(2)16-4/h9-10H,5-8H2,1-4H3/t9-,10-/m1/s1. The van der Waals surface area contributed by atoms with Gasteiger partial charge in [0.2, 0.25) is 0 Å². The van der Waals surface area contributed by atoms with Crippen LogP contribution in [0.5, 0.6) is 0 Å². The van der Waals surface area contributed by atoms with Gasteiger partial charge in [-0.05, 0) is 13.8 Å². The highest BCUT2D eigenvalue weighted by atomic mass is 17.3. The molecule has 0 aromatic heterocycles. The first-order valence-corrected chi connectivity index (χ1v) is 6.23. The number of hydrogen-bond acceptors (Lipinski definition) is 8. The number of carbonyl (C=O) groups is 2. The number of ether oxygens (including phenoxy) is 4. The van der Waals surface area contributed by atoms with Crippen molar-refractivity contribution < 1.29 is 38.3 Å². The third-order valence-corrected chi connectivity index (χ3v) is 2.47. The molecule has 0 unspecified atom stereocenters. The second-order valence-corrected chi connectivity index (χ2v) is 4.03. The first kappa shape index (κ1) is 18.5. The van der Waals surface area contributed by atoms with Crippen LogP contribution in [-0.2, 0) is 28.7 Å². The summed E-state index contributed by atoms with van der Waals surface area (Å²) >= 11 is 0. The summed E-state index contributed by atoms with van der Waals surface area (Å²) in [6.07, 6.45) is -1.31. The summed E-state index contributed by atoms with van der Waals surface area (Å²) in [6, 6.07) is 0. The number of rotatable bonds is 8. The van der Waals surface area contributed by atoms with E-state index in [2.05, 4.69) is 19.2 Å². The maximum Gasteiger partial charge on any atom is 0.549 e. The van der Waals surface area contributed by atoms with Gasteiger partial charge in [-0.3, -0.25) is 0 Å². The fraction of sp³-hybridized carbons (Fsp3) is 0.833. The molecule has 0 rings (SSSR count). The van der Waals surface area contributed by atoms with Gasteiger partial charge in [0.15, 0.2) is 0 Å². The third-order valence-electron chi connectivity index (χ3n) is 2.47. The molecule has 0 saturated carbocycles. The zero-order valence-corrected chi connectivity index (χ0v) is 12.2. The van der Waals surface area contributed by atoms with Crippen molar-refractivity contribution in [1.29, 1.82) is 0 Å². The Bertz CT molecular complexity index is 253. The van der Waals surface area contributed by atoms with E-state index in [1.165, 1.54) is 0 Å². The smallest absolute Gasteiger partial charge is 0.432 e. The van der Waals surface area contributed by atoms with E-state index < -0.39 is 12.3 Å². The van der Waals surface area contributed by atoms with Crippen molar-refractivity contribution in [3.8, 4) is 0 Å². The van der Waals surface area contributed by atoms with Gasteiger partial charge in [-0.1, -0.05) is 0 Å². The molecule has 0 saturated heterocycles. The Morgan fingerprint density at radius 2 is 1.15 bits per heavy atom. The van der Waals surface area contributed by atoms with E-state index in [-0.39, 0.29) is 25.4 Å². The molecule has 20 heavy (non-hydrogen) atoms. The van der Waals surface area contributed by atoms with Crippen molar-refractivity contribution >= 4 is 12.3 Å². The molecule has 0 amide bonds. The van der Waals surface area contributed by atoms with Crippen LogP contribution in [0.2, 0.25) is 0 Å². The van der Waals surface area contributed by atoms with E-state index in [1.807, 2.05) is 13.8 Å². The summed E-state index contributed by atoms with van der Waals surface area (Å²) in [6.45, 7) is 3.84. The Hall–Kier alpha value is -1.54. The Morgan fingerprint density at radius 1 is 0.800 bits per heavy atom. The molecule has 0 heterocycles. The highest BCUT2D eigenvalue weighted by Crippen LogP contribution is 1.99. The summed E-state index contributed by atoms with van der Waals surface area (Å²) in [5.74, 6) is 0. The van der Waals surface area contributed by atoms with E-state index in [1.54, 1.807) is 14.2 Å². The lowest BCUT2D eigenvalue weighted by Crippen LogP contribution is -2.17. The van der Waals surface area contributed by atoms with Crippen LogP contribution >= 0.6 is 0 Å². The molecular weight excluding hydrogens is 272 g/mol. The zero-order valence-electron chi connectivity index (χ0n) is 12.2. The normalized spacial score (nSPS) is 13.2. The summed E-state index contributed by atoms with van der Waals surface area (Å²) < 4.78 is 19.2. The van der Waals surface area contributed by atoms with Crippen molar-refractivity contribution in [2.24, 2.45) is 0 Å². The van der Waals surface area contributed by atoms with Crippen molar-refractivity contribution in [1.82, 2.24) is 0 Å². The summed E-state index contributed by atoms with van der Waals surface area (Å²) in [5.41, 5.74) is 0. The van der Waals surface area contributed by atoms with Gasteiger partial charge in [0.1, 0.15) is 0 Å². The van der Waals surface area contributed by atoms with Gasteiger partial charge in [0.05, 0.1) is 25.4 Å². The summed E-state index contributed by atoms with van der Waals surface area (Å²) in [7, 11) is 3.10. The van der Waals surface area contributed by atoms with E-state index in [0.717, 1.165) is 0 Å². The molecule has 0 spiro atoms. The minimum absolute atomic E-state index is 0.0449. The van der Waals surface area contributed by atoms with Crippen LogP contribution in [0, 0.1) is 0 Å². The predicted octanol–water partition coefficient (Wildman–Crippen LogP) is 2.06. The van der Waals surface area contributed by atoms with Crippen LogP contribution in [0.3, 0.4) is 0 Å². The molecule has 118 valence electrons. The molecule has 0 N–H and O–H groups in total. The Balaban J connectivity index is 3.56. The van der Waals surface area contributed by atoms with Crippen LogP contribution in [0.15, 0.2) is 0 Å². The maximum absolute atomic E-state index is 11.0. The Labute approximate surface area is 118 Å². The van der Waals surface area contributed by atoms with Crippen molar-refractivity contribution in [3.63, 3.8) is 0 Å². The van der Waals surface area contributed by atoms with Gasteiger partial charge in [-0.25, -0.2) is 0 Å². The minimum Gasteiger partial charge on any atom is -0.432 e. The monoisotopic (exact) mass is 294 g/mol. The molecule has 8 nitrogen and oxygen atoms in total. The van der Waals surface area contributed by atoms with E-state index in [9.17, 15) is 9.59 Å². The molecule has 0 radical (unpaired) electrons. The quantitative estimate of drug-likeness (QED) is 0.382. The van der Waals surface area contributed by atoms with Gasteiger partial charge in [-0.15, -0.1) is 0 Å². The fourth-order valence-electron chi connectivity index (χ4n) is 0.968. The highest BCUT2D eigenvalue weighted by molar-refractivity contribution is 5.63. The molecule has 0 aliphatic heterocycles. The SMILES string of the molecule is CO[C@H](C)CCOC(=O)OOC(=O)OCC[C@@H](C)OC. The second kappa shape index (κ2) is 11.3. The molecule has 0 aliphatic carbocycles. The van der Waals surface area contributed by atoms with Gasteiger partial charge in [0.25, 0.3) is 0 Å². The van der Waals surface area contributed by atoms with Gasteiger partial charge in [-0.2, -0.15) is 19.4 Å². The van der Waals surface area contributed by atoms with Crippen LogP contribution in [-0.4, -0.2) is 52.0 Å². The molecule has 0 aromatic rings. The van der Waals surface area contributed by atoms with Gasteiger partial charge < -0.3 is 18.9 Å². The second-order valence-electron chi connectivity index (χ2n) is 4.03. The molecule has 0 bridgehead atoms. The lowest BCUT2D eigenvalue weighted by Gasteiger charge is -2.10.